The molecule has 2 aromatic carbocycles. The molecule has 0 atom stereocenters. The van der Waals surface area contributed by atoms with E-state index in [9.17, 15) is 4.79 Å². The summed E-state index contributed by atoms with van der Waals surface area (Å²) in [6.45, 7) is 3.99. The summed E-state index contributed by atoms with van der Waals surface area (Å²) in [5.41, 5.74) is 5.34. The van der Waals surface area contributed by atoms with Crippen LogP contribution in [0.2, 0.25) is 0 Å². The molecule has 0 saturated carbocycles. The Morgan fingerprint density at radius 1 is 1.03 bits per heavy atom. The topological polar surface area (TPSA) is 68.8 Å². The zero-order valence-electron chi connectivity index (χ0n) is 19.3. The summed E-state index contributed by atoms with van der Waals surface area (Å²) in [6, 6.07) is 20.1. The Morgan fingerprint density at radius 3 is 2.50 bits per heavy atom. The predicted molar refractivity (Wildman–Crippen MR) is 132 cm³/mol. The van der Waals surface area contributed by atoms with Crippen LogP contribution in [0.15, 0.2) is 85.6 Å². The van der Waals surface area contributed by atoms with Gasteiger partial charge in [-0.05, 0) is 24.1 Å². The van der Waals surface area contributed by atoms with E-state index in [4.69, 9.17) is 4.98 Å². The van der Waals surface area contributed by atoms with Crippen molar-refractivity contribution in [3.63, 3.8) is 0 Å². The first kappa shape index (κ1) is 21.6. The van der Waals surface area contributed by atoms with Crippen molar-refractivity contribution in [1.29, 1.82) is 0 Å². The second-order valence-electron chi connectivity index (χ2n) is 8.33. The van der Waals surface area contributed by atoms with E-state index in [1.165, 1.54) is 5.56 Å². The average Bonchev–Trinajstić information content (AvgIpc) is 3.54. The summed E-state index contributed by atoms with van der Waals surface area (Å²) in [5, 5.41) is 5.22. The summed E-state index contributed by atoms with van der Waals surface area (Å²) in [5.74, 6) is -0.0530. The van der Waals surface area contributed by atoms with Crippen molar-refractivity contribution in [2.45, 2.75) is 26.6 Å². The smallest absolute Gasteiger partial charge is 0.254 e. The third kappa shape index (κ3) is 4.32. The number of nitrogens with zero attached hydrogens (tertiary/aromatic N) is 6. The van der Waals surface area contributed by atoms with Gasteiger partial charge >= 0.3 is 0 Å². The van der Waals surface area contributed by atoms with Crippen molar-refractivity contribution < 1.29 is 4.79 Å². The molecule has 0 aliphatic rings. The zero-order valence-corrected chi connectivity index (χ0v) is 19.3. The van der Waals surface area contributed by atoms with Crippen LogP contribution in [-0.4, -0.2) is 42.2 Å². The van der Waals surface area contributed by atoms with Gasteiger partial charge in [-0.25, -0.2) is 14.6 Å². The predicted octanol–water partition coefficient (Wildman–Crippen LogP) is 4.64. The van der Waals surface area contributed by atoms with Gasteiger partial charge in [-0.2, -0.15) is 5.10 Å². The van der Waals surface area contributed by atoms with E-state index in [-0.39, 0.29) is 5.91 Å². The van der Waals surface area contributed by atoms with E-state index in [1.54, 1.807) is 23.6 Å². The maximum atomic E-state index is 13.6. The van der Waals surface area contributed by atoms with Crippen molar-refractivity contribution in [3.05, 3.63) is 102 Å². The van der Waals surface area contributed by atoms with Crippen LogP contribution < -0.4 is 0 Å². The number of hydrogen-bond acceptors (Lipinski definition) is 4. The van der Waals surface area contributed by atoms with E-state index in [0.29, 0.717) is 18.7 Å². The molecule has 0 N–H and O–H groups in total. The minimum absolute atomic E-state index is 0.0530. The number of carbonyl (C=O) groups excluding carboxylic acids is 1. The molecule has 34 heavy (non-hydrogen) atoms. The molecule has 0 fully saturated rings. The highest BCUT2D eigenvalue weighted by molar-refractivity contribution is 6.06. The number of amides is 1. The SMILES string of the molecule is CCn1ncc2c(C(=O)N(C)Cc3ccc(Cn4ccnc4)cc3)cc(-c3ccccc3)nc21. The molecule has 1 amide bonds. The highest BCUT2D eigenvalue weighted by Gasteiger charge is 2.20. The van der Waals surface area contributed by atoms with Gasteiger partial charge in [0.15, 0.2) is 5.65 Å². The van der Waals surface area contributed by atoms with E-state index < -0.39 is 0 Å². The molecule has 0 bridgehead atoms. The van der Waals surface area contributed by atoms with Crippen LogP contribution in [0.1, 0.15) is 28.4 Å². The highest BCUT2D eigenvalue weighted by atomic mass is 16.2. The molecule has 0 saturated heterocycles. The molecule has 0 spiro atoms. The maximum Gasteiger partial charge on any atom is 0.254 e. The fourth-order valence-electron chi connectivity index (χ4n) is 4.11. The van der Waals surface area contributed by atoms with Gasteiger partial charge in [-0.3, -0.25) is 4.79 Å². The largest absolute Gasteiger partial charge is 0.337 e. The lowest BCUT2D eigenvalue weighted by atomic mass is 10.1. The van der Waals surface area contributed by atoms with Gasteiger partial charge in [0.05, 0.1) is 29.2 Å². The molecule has 0 aliphatic carbocycles. The normalized spacial score (nSPS) is 11.1. The number of aromatic nitrogens is 5. The first-order chi connectivity index (χ1) is 16.6. The summed E-state index contributed by atoms with van der Waals surface area (Å²) in [7, 11) is 1.83. The third-order valence-electron chi connectivity index (χ3n) is 5.92. The van der Waals surface area contributed by atoms with E-state index in [2.05, 4.69) is 34.3 Å². The number of benzene rings is 2. The number of imidazole rings is 1. The lowest BCUT2D eigenvalue weighted by molar-refractivity contribution is 0.0787. The number of carbonyl (C=O) groups is 1. The Morgan fingerprint density at radius 2 is 1.79 bits per heavy atom. The second kappa shape index (κ2) is 9.31. The molecule has 0 unspecified atom stereocenters. The summed E-state index contributed by atoms with van der Waals surface area (Å²) in [4.78, 5) is 24.2. The first-order valence-electron chi connectivity index (χ1n) is 11.3. The molecule has 3 aromatic heterocycles. The van der Waals surface area contributed by atoms with Crippen LogP contribution in [0.4, 0.5) is 0 Å². The number of aryl methyl sites for hydroxylation is 1. The summed E-state index contributed by atoms with van der Waals surface area (Å²) < 4.78 is 3.86. The summed E-state index contributed by atoms with van der Waals surface area (Å²) >= 11 is 0. The lowest BCUT2D eigenvalue weighted by Crippen LogP contribution is -2.26. The molecule has 0 radical (unpaired) electrons. The van der Waals surface area contributed by atoms with Crippen LogP contribution >= 0.6 is 0 Å². The van der Waals surface area contributed by atoms with Crippen molar-refractivity contribution in [1.82, 2.24) is 29.2 Å². The van der Waals surface area contributed by atoms with Crippen LogP contribution in [0, 0.1) is 0 Å². The van der Waals surface area contributed by atoms with E-state index in [0.717, 1.165) is 34.4 Å². The molecule has 5 aromatic rings. The van der Waals surface area contributed by atoms with E-state index in [1.807, 2.05) is 65.8 Å². The molecule has 170 valence electrons. The van der Waals surface area contributed by atoms with Gasteiger partial charge in [-0.1, -0.05) is 54.6 Å². The monoisotopic (exact) mass is 450 g/mol. The Balaban J connectivity index is 1.41. The van der Waals surface area contributed by atoms with Crippen molar-refractivity contribution in [3.8, 4) is 11.3 Å². The Labute approximate surface area is 198 Å². The molecular weight excluding hydrogens is 424 g/mol. The molecule has 5 rings (SSSR count). The third-order valence-corrected chi connectivity index (χ3v) is 5.92. The Kier molecular flexibility index (Phi) is 5.91. The molecule has 3 heterocycles. The van der Waals surface area contributed by atoms with Crippen molar-refractivity contribution in [2.75, 3.05) is 7.05 Å². The average molecular weight is 451 g/mol. The Bertz CT molecular complexity index is 1410. The standard InChI is InChI=1S/C27H26N6O/c1-3-33-26-24(16-29-33)23(15-25(30-26)22-7-5-4-6-8-22)27(34)31(2)17-20-9-11-21(12-10-20)18-32-14-13-28-19-32/h4-16,19H,3,17-18H2,1-2H3. The fraction of sp³-hybridized carbons (Fsp3) is 0.185. The molecule has 7 heteroatoms. The second-order valence-corrected chi connectivity index (χ2v) is 8.33. The van der Waals surface area contributed by atoms with Gasteiger partial charge in [0.2, 0.25) is 0 Å². The molecule has 7 nitrogen and oxygen atoms in total. The van der Waals surface area contributed by atoms with Gasteiger partial charge in [0.25, 0.3) is 5.91 Å². The van der Waals surface area contributed by atoms with E-state index >= 15 is 0 Å². The van der Waals surface area contributed by atoms with Crippen LogP contribution in [-0.2, 0) is 19.6 Å². The molecular formula is C27H26N6O. The number of fused-ring (bicyclic) bond motifs is 1. The van der Waals surface area contributed by atoms with Crippen LogP contribution in [0.3, 0.4) is 0 Å². The van der Waals surface area contributed by atoms with Crippen molar-refractivity contribution in [2.24, 2.45) is 0 Å². The summed E-state index contributed by atoms with van der Waals surface area (Å²) in [6.07, 6.45) is 7.27. The van der Waals surface area contributed by atoms with Crippen LogP contribution in [0.5, 0.6) is 0 Å². The lowest BCUT2D eigenvalue weighted by Gasteiger charge is -2.19. The number of rotatable bonds is 7. The van der Waals surface area contributed by atoms with Gasteiger partial charge in [0.1, 0.15) is 0 Å². The minimum atomic E-state index is -0.0530. The van der Waals surface area contributed by atoms with Gasteiger partial charge in [0, 0.05) is 44.6 Å². The number of pyridine rings is 1. The highest BCUT2D eigenvalue weighted by Crippen LogP contribution is 2.26. The molecule has 0 aliphatic heterocycles. The minimum Gasteiger partial charge on any atom is -0.337 e. The fourth-order valence-corrected chi connectivity index (χ4v) is 4.11. The first-order valence-corrected chi connectivity index (χ1v) is 11.3. The van der Waals surface area contributed by atoms with Gasteiger partial charge in [-0.15, -0.1) is 0 Å². The van der Waals surface area contributed by atoms with Crippen LogP contribution in [0.25, 0.3) is 22.3 Å². The van der Waals surface area contributed by atoms with Crippen molar-refractivity contribution >= 4 is 16.9 Å². The maximum absolute atomic E-state index is 13.6. The Hall–Kier alpha value is -4.26. The quantitative estimate of drug-likeness (QED) is 0.362. The number of hydrogen-bond donors (Lipinski definition) is 0. The van der Waals surface area contributed by atoms with Gasteiger partial charge < -0.3 is 9.47 Å². The zero-order chi connectivity index (χ0) is 23.5.